The van der Waals surface area contributed by atoms with Crippen molar-refractivity contribution in [1.82, 2.24) is 9.97 Å². The fourth-order valence-electron chi connectivity index (χ4n) is 2.13. The second-order valence-corrected chi connectivity index (χ2v) is 5.71. The Hall–Kier alpha value is -2.73. The van der Waals surface area contributed by atoms with Crippen LogP contribution in [0.25, 0.3) is 23.2 Å². The molecule has 0 spiro atoms. The number of H-pyrrole nitrogens is 1. The van der Waals surface area contributed by atoms with E-state index in [0.717, 1.165) is 10.6 Å². The standard InChI is InChI=1S/C17H14N2O3S/c1-2-22-17(21)14-10-18-16-13(15(14)20)8-6-11(19-16)5-7-12-4-3-9-23-12/h3-10H,2H2,1H3,(H,18,19,20). The van der Waals surface area contributed by atoms with E-state index in [1.807, 2.05) is 29.7 Å². The number of ether oxygens (including phenoxy) is 1. The Balaban J connectivity index is 1.97. The van der Waals surface area contributed by atoms with Crippen LogP contribution in [0.4, 0.5) is 0 Å². The normalized spacial score (nSPS) is 11.2. The number of pyridine rings is 2. The summed E-state index contributed by atoms with van der Waals surface area (Å²) in [5, 5.41) is 2.37. The third-order valence-electron chi connectivity index (χ3n) is 3.22. The van der Waals surface area contributed by atoms with Crippen LogP contribution in [0.5, 0.6) is 0 Å². The molecule has 0 saturated heterocycles. The number of nitrogens with zero attached hydrogens (tertiary/aromatic N) is 1. The van der Waals surface area contributed by atoms with Crippen molar-refractivity contribution in [2.75, 3.05) is 6.61 Å². The second kappa shape index (κ2) is 6.58. The third-order valence-corrected chi connectivity index (χ3v) is 4.05. The summed E-state index contributed by atoms with van der Waals surface area (Å²) in [6.45, 7) is 1.92. The van der Waals surface area contributed by atoms with E-state index < -0.39 is 5.97 Å². The Bertz CT molecular complexity index is 927. The largest absolute Gasteiger partial charge is 0.462 e. The Kier molecular flexibility index (Phi) is 4.34. The van der Waals surface area contributed by atoms with Crippen molar-refractivity contribution in [2.24, 2.45) is 0 Å². The minimum absolute atomic E-state index is 0.0111. The minimum Gasteiger partial charge on any atom is -0.462 e. The number of fused-ring (bicyclic) bond motifs is 1. The summed E-state index contributed by atoms with van der Waals surface area (Å²) < 4.78 is 4.87. The molecule has 0 amide bonds. The topological polar surface area (TPSA) is 72.1 Å². The van der Waals surface area contributed by atoms with Gasteiger partial charge in [-0.2, -0.15) is 0 Å². The van der Waals surface area contributed by atoms with Crippen molar-refractivity contribution in [1.29, 1.82) is 0 Å². The Morgan fingerprint density at radius 3 is 2.96 bits per heavy atom. The van der Waals surface area contributed by atoms with E-state index in [2.05, 4.69) is 9.97 Å². The van der Waals surface area contributed by atoms with Crippen LogP contribution in [0.15, 0.2) is 40.6 Å². The van der Waals surface area contributed by atoms with Crippen molar-refractivity contribution in [2.45, 2.75) is 6.92 Å². The SMILES string of the molecule is CCOC(=O)c1c[nH]c2nc(C=Cc3cccs3)ccc2c1=O. The quantitative estimate of drug-likeness (QED) is 0.746. The lowest BCUT2D eigenvalue weighted by Crippen LogP contribution is -2.18. The maximum absolute atomic E-state index is 12.3. The summed E-state index contributed by atoms with van der Waals surface area (Å²) in [7, 11) is 0. The molecular formula is C17H14N2O3S. The predicted molar refractivity (Wildman–Crippen MR) is 91.6 cm³/mol. The number of hydrogen-bond acceptors (Lipinski definition) is 5. The van der Waals surface area contributed by atoms with E-state index in [9.17, 15) is 9.59 Å². The molecule has 0 aliphatic heterocycles. The highest BCUT2D eigenvalue weighted by atomic mass is 32.1. The summed E-state index contributed by atoms with van der Waals surface area (Å²) >= 11 is 1.63. The molecule has 0 radical (unpaired) electrons. The highest BCUT2D eigenvalue weighted by Crippen LogP contribution is 2.14. The van der Waals surface area contributed by atoms with Gasteiger partial charge in [0.15, 0.2) is 0 Å². The number of hydrogen-bond donors (Lipinski definition) is 1. The van der Waals surface area contributed by atoms with Gasteiger partial charge in [-0.05, 0) is 42.7 Å². The average Bonchev–Trinajstić information content (AvgIpc) is 3.07. The number of rotatable bonds is 4. The summed E-state index contributed by atoms with van der Waals surface area (Å²) in [5.41, 5.74) is 0.781. The average molecular weight is 326 g/mol. The number of nitrogens with one attached hydrogen (secondary N) is 1. The minimum atomic E-state index is -0.627. The van der Waals surface area contributed by atoms with Crippen LogP contribution in [0.3, 0.4) is 0 Å². The number of esters is 1. The lowest BCUT2D eigenvalue weighted by molar-refractivity contribution is 0.0524. The van der Waals surface area contributed by atoms with Crippen LogP contribution < -0.4 is 5.43 Å². The van der Waals surface area contributed by atoms with Crippen LogP contribution >= 0.6 is 11.3 Å². The lowest BCUT2D eigenvalue weighted by Gasteiger charge is -2.03. The van der Waals surface area contributed by atoms with E-state index >= 15 is 0 Å². The van der Waals surface area contributed by atoms with Gasteiger partial charge >= 0.3 is 5.97 Å². The van der Waals surface area contributed by atoms with E-state index in [-0.39, 0.29) is 17.6 Å². The third kappa shape index (κ3) is 3.22. The Labute approximate surface area is 136 Å². The van der Waals surface area contributed by atoms with Gasteiger partial charge in [0.05, 0.1) is 17.7 Å². The number of carbonyl (C=O) groups excluding carboxylic acids is 1. The van der Waals surface area contributed by atoms with Gasteiger partial charge in [0, 0.05) is 11.1 Å². The molecule has 0 aliphatic rings. The first kappa shape index (κ1) is 15.2. The van der Waals surface area contributed by atoms with Crippen molar-refractivity contribution in [3.63, 3.8) is 0 Å². The molecule has 5 nitrogen and oxygen atoms in total. The maximum atomic E-state index is 12.3. The fraction of sp³-hybridized carbons (Fsp3) is 0.118. The van der Waals surface area contributed by atoms with Crippen LogP contribution in [0.1, 0.15) is 27.9 Å². The van der Waals surface area contributed by atoms with Gasteiger partial charge in [-0.1, -0.05) is 6.07 Å². The van der Waals surface area contributed by atoms with Gasteiger partial charge in [0.25, 0.3) is 0 Å². The molecule has 3 rings (SSSR count). The van der Waals surface area contributed by atoms with Gasteiger partial charge in [-0.15, -0.1) is 11.3 Å². The van der Waals surface area contributed by atoms with Gasteiger partial charge in [-0.3, -0.25) is 4.79 Å². The van der Waals surface area contributed by atoms with Crippen molar-refractivity contribution >= 4 is 40.5 Å². The monoisotopic (exact) mass is 326 g/mol. The number of thiophene rings is 1. The van der Waals surface area contributed by atoms with E-state index in [4.69, 9.17) is 4.74 Å². The van der Waals surface area contributed by atoms with Crippen LogP contribution in [-0.4, -0.2) is 22.5 Å². The molecule has 0 atom stereocenters. The molecule has 0 saturated carbocycles. The first-order valence-corrected chi connectivity index (χ1v) is 7.98. The van der Waals surface area contributed by atoms with E-state index in [1.54, 1.807) is 30.4 Å². The van der Waals surface area contributed by atoms with E-state index in [1.165, 1.54) is 6.20 Å². The lowest BCUT2D eigenvalue weighted by atomic mass is 10.2. The molecule has 0 unspecified atom stereocenters. The number of carbonyl (C=O) groups is 1. The van der Waals surface area contributed by atoms with Gasteiger partial charge in [0.2, 0.25) is 5.43 Å². The van der Waals surface area contributed by atoms with Crippen LogP contribution in [0.2, 0.25) is 0 Å². The molecule has 23 heavy (non-hydrogen) atoms. The molecule has 0 bridgehead atoms. The first-order valence-electron chi connectivity index (χ1n) is 7.10. The molecule has 116 valence electrons. The summed E-state index contributed by atoms with van der Waals surface area (Å²) in [6, 6.07) is 7.40. The molecule has 3 aromatic rings. The molecule has 3 heterocycles. The second-order valence-electron chi connectivity index (χ2n) is 4.73. The number of aromatic amines is 1. The predicted octanol–water partition coefficient (Wildman–Crippen LogP) is 3.33. The summed E-state index contributed by atoms with van der Waals surface area (Å²) in [4.78, 5) is 32.5. The zero-order chi connectivity index (χ0) is 16.2. The van der Waals surface area contributed by atoms with Crippen molar-refractivity contribution < 1.29 is 9.53 Å². The molecule has 0 aliphatic carbocycles. The van der Waals surface area contributed by atoms with Gasteiger partial charge in [-0.25, -0.2) is 9.78 Å². The van der Waals surface area contributed by atoms with Crippen LogP contribution in [0, 0.1) is 0 Å². The van der Waals surface area contributed by atoms with Gasteiger partial charge in [0.1, 0.15) is 11.2 Å². The van der Waals surface area contributed by atoms with Crippen molar-refractivity contribution in [3.05, 3.63) is 62.2 Å². The highest BCUT2D eigenvalue weighted by Gasteiger charge is 2.14. The molecule has 1 N–H and O–H groups in total. The highest BCUT2D eigenvalue weighted by molar-refractivity contribution is 7.10. The molecule has 6 heteroatoms. The smallest absolute Gasteiger partial charge is 0.343 e. The van der Waals surface area contributed by atoms with Crippen molar-refractivity contribution in [3.8, 4) is 0 Å². The van der Waals surface area contributed by atoms with Crippen LogP contribution in [-0.2, 0) is 4.74 Å². The zero-order valence-corrected chi connectivity index (χ0v) is 13.2. The molecule has 3 aromatic heterocycles. The first-order chi connectivity index (χ1) is 11.2. The maximum Gasteiger partial charge on any atom is 0.343 e. The Morgan fingerprint density at radius 2 is 2.22 bits per heavy atom. The zero-order valence-electron chi connectivity index (χ0n) is 12.4. The summed E-state index contributed by atoms with van der Waals surface area (Å²) in [6.07, 6.45) is 5.19. The molecule has 0 fully saturated rings. The Morgan fingerprint density at radius 1 is 1.35 bits per heavy atom. The molecular weight excluding hydrogens is 312 g/mol. The van der Waals surface area contributed by atoms with Gasteiger partial charge < -0.3 is 9.72 Å². The summed E-state index contributed by atoms with van der Waals surface area (Å²) in [5.74, 6) is -0.627. The number of aromatic nitrogens is 2. The van der Waals surface area contributed by atoms with E-state index in [0.29, 0.717) is 11.0 Å². The molecule has 0 aromatic carbocycles. The fourth-order valence-corrected chi connectivity index (χ4v) is 2.74.